The number of amides is 1. The molecule has 0 bridgehead atoms. The summed E-state index contributed by atoms with van der Waals surface area (Å²) in [5, 5.41) is 0. The second-order valence-corrected chi connectivity index (χ2v) is 11.2. The van der Waals surface area contributed by atoms with Gasteiger partial charge in [-0.3, -0.25) is 14.6 Å². The number of hydrogen-bond acceptors (Lipinski definition) is 5. The first kappa shape index (κ1) is 29.2. The fraction of sp³-hybridized carbons (Fsp3) is 0.567. The van der Waals surface area contributed by atoms with E-state index in [1.54, 1.807) is 6.07 Å². The molecule has 4 heterocycles. The van der Waals surface area contributed by atoms with Crippen molar-refractivity contribution in [1.82, 2.24) is 14.7 Å². The van der Waals surface area contributed by atoms with Crippen LogP contribution in [0.1, 0.15) is 55.3 Å². The Morgan fingerprint density at radius 1 is 1.00 bits per heavy atom. The molecule has 4 atom stereocenters. The summed E-state index contributed by atoms with van der Waals surface area (Å²) in [7, 11) is 0. The summed E-state index contributed by atoms with van der Waals surface area (Å²) in [4.78, 5) is 22.6. The molecule has 0 radical (unpaired) electrons. The zero-order valence-electron chi connectivity index (χ0n) is 22.9. The molecule has 218 valence electrons. The number of unbranched alkanes of at least 4 members (excludes halogenated alkanes) is 2. The third-order valence-electron chi connectivity index (χ3n) is 9.07. The number of carbonyl (C=O) groups is 1. The normalized spacial score (nSPS) is 27.8. The molecule has 0 aromatic heterocycles. The number of halogens is 4. The van der Waals surface area contributed by atoms with Gasteiger partial charge < -0.3 is 14.5 Å². The number of anilines is 1. The Bertz CT molecular complexity index is 1190. The molecule has 2 aromatic carbocycles. The van der Waals surface area contributed by atoms with E-state index in [0.717, 1.165) is 64.6 Å². The van der Waals surface area contributed by atoms with Gasteiger partial charge in [0, 0.05) is 44.8 Å². The van der Waals surface area contributed by atoms with Gasteiger partial charge in [-0.15, -0.1) is 12.4 Å². The number of alkyl halides is 3. The van der Waals surface area contributed by atoms with Gasteiger partial charge in [0.25, 0.3) is 0 Å². The van der Waals surface area contributed by atoms with Crippen LogP contribution in [0.25, 0.3) is 0 Å². The highest BCUT2D eigenvalue weighted by Gasteiger charge is 2.73. The predicted octanol–water partition coefficient (Wildman–Crippen LogP) is 5.28. The number of piperazine rings is 1. The topological polar surface area (TPSA) is 39.0 Å². The molecule has 2 aromatic rings. The number of fused-ring (bicyclic) bond motifs is 5. The van der Waals surface area contributed by atoms with E-state index >= 15 is 0 Å². The van der Waals surface area contributed by atoms with Gasteiger partial charge in [-0.1, -0.05) is 36.8 Å². The van der Waals surface area contributed by atoms with E-state index in [1.807, 2.05) is 4.90 Å². The molecule has 0 aliphatic carbocycles. The first-order valence-electron chi connectivity index (χ1n) is 14.2. The Morgan fingerprint density at radius 2 is 1.77 bits per heavy atom. The molecule has 3 saturated heterocycles. The molecule has 3 fully saturated rings. The van der Waals surface area contributed by atoms with Gasteiger partial charge in [-0.05, 0) is 55.6 Å². The second-order valence-electron chi connectivity index (χ2n) is 11.2. The lowest BCUT2D eigenvalue weighted by Crippen LogP contribution is -2.46. The van der Waals surface area contributed by atoms with Gasteiger partial charge in [-0.2, -0.15) is 13.2 Å². The summed E-state index contributed by atoms with van der Waals surface area (Å²) in [5.74, 6) is 0.225. The summed E-state index contributed by atoms with van der Waals surface area (Å²) in [6.07, 6.45) is -0.914. The average molecular weight is 579 g/mol. The monoisotopic (exact) mass is 578 g/mol. The molecule has 4 aliphatic rings. The van der Waals surface area contributed by atoms with Crippen molar-refractivity contribution in [2.75, 3.05) is 57.4 Å². The molecule has 40 heavy (non-hydrogen) atoms. The summed E-state index contributed by atoms with van der Waals surface area (Å²) in [6, 6.07) is 14.4. The first-order chi connectivity index (χ1) is 18.8. The van der Waals surface area contributed by atoms with E-state index in [9.17, 15) is 18.0 Å². The average Bonchev–Trinajstić information content (AvgIpc) is 3.53. The highest BCUT2D eigenvalue weighted by atomic mass is 35.5. The highest BCUT2D eigenvalue weighted by molar-refractivity contribution is 5.85. The largest absolute Gasteiger partial charge is 0.416 e. The van der Waals surface area contributed by atoms with Gasteiger partial charge in [-0.25, -0.2) is 0 Å². The fourth-order valence-electron chi connectivity index (χ4n) is 7.10. The van der Waals surface area contributed by atoms with Crippen molar-refractivity contribution in [2.24, 2.45) is 0 Å². The molecule has 6 rings (SSSR count). The Balaban J connectivity index is 0.00000323. The van der Waals surface area contributed by atoms with Crippen LogP contribution in [-0.2, 0) is 21.4 Å². The molecular weight excluding hydrogens is 541 g/mol. The van der Waals surface area contributed by atoms with Gasteiger partial charge in [0.15, 0.2) is 0 Å². The Hall–Kier alpha value is -2.33. The number of morpholine rings is 1. The molecule has 4 unspecified atom stereocenters. The summed E-state index contributed by atoms with van der Waals surface area (Å²) < 4.78 is 45.0. The van der Waals surface area contributed by atoms with Crippen LogP contribution < -0.4 is 4.90 Å². The summed E-state index contributed by atoms with van der Waals surface area (Å²) in [6.45, 7) is 8.45. The lowest BCUT2D eigenvalue weighted by molar-refractivity contribution is -0.138. The number of hydrogen-bond donors (Lipinski definition) is 0. The van der Waals surface area contributed by atoms with Crippen LogP contribution in [0, 0.1) is 0 Å². The molecule has 0 saturated carbocycles. The quantitative estimate of drug-likeness (QED) is 0.330. The van der Waals surface area contributed by atoms with E-state index in [0.29, 0.717) is 25.3 Å². The van der Waals surface area contributed by atoms with Crippen LogP contribution >= 0.6 is 12.4 Å². The third kappa shape index (κ3) is 5.10. The minimum Gasteiger partial charge on any atom is -0.378 e. The van der Waals surface area contributed by atoms with E-state index in [4.69, 9.17) is 4.74 Å². The second kappa shape index (κ2) is 11.5. The number of benzene rings is 2. The third-order valence-corrected chi connectivity index (χ3v) is 9.07. The van der Waals surface area contributed by atoms with Gasteiger partial charge >= 0.3 is 6.18 Å². The minimum atomic E-state index is -4.32. The van der Waals surface area contributed by atoms with Crippen molar-refractivity contribution < 1.29 is 22.7 Å². The van der Waals surface area contributed by atoms with E-state index in [2.05, 4.69) is 45.9 Å². The van der Waals surface area contributed by atoms with Gasteiger partial charge in [0.05, 0.1) is 30.9 Å². The zero-order chi connectivity index (χ0) is 27.2. The van der Waals surface area contributed by atoms with Crippen LogP contribution in [0.3, 0.4) is 0 Å². The summed E-state index contributed by atoms with van der Waals surface area (Å²) in [5.41, 5.74) is 2.23. The number of rotatable bonds is 7. The smallest absolute Gasteiger partial charge is 0.378 e. The maximum absolute atomic E-state index is 13.6. The van der Waals surface area contributed by atoms with Crippen LogP contribution in [0.2, 0.25) is 0 Å². The fourth-order valence-corrected chi connectivity index (χ4v) is 7.10. The van der Waals surface area contributed by atoms with Crippen LogP contribution in [-0.4, -0.2) is 79.1 Å². The molecule has 0 N–H and O–H groups in total. The van der Waals surface area contributed by atoms with Crippen molar-refractivity contribution in [3.63, 3.8) is 0 Å². The molecule has 1 spiro atoms. The predicted molar refractivity (Wildman–Crippen MR) is 151 cm³/mol. The van der Waals surface area contributed by atoms with Crippen molar-refractivity contribution in [1.29, 1.82) is 0 Å². The first-order valence-corrected chi connectivity index (χ1v) is 14.2. The molecule has 1 amide bonds. The Morgan fingerprint density at radius 3 is 2.50 bits per heavy atom. The van der Waals surface area contributed by atoms with Crippen molar-refractivity contribution in [2.45, 2.75) is 56.5 Å². The maximum atomic E-state index is 13.6. The molecule has 6 nitrogen and oxygen atoms in total. The standard InChI is InChI=1S/C30H37F3N4O2.ClH/c1-22-25-10-4-5-11-26(25)29(27-21-39-19-18-36(27)29)37(22)28(38)12-3-2-6-13-34-14-16-35(17-15-34)24-9-7-8-23(20-24)30(31,32)33;/h4-5,7-11,20,22,27H,2-3,6,12-19,21H2,1H3;1H. The van der Waals surface area contributed by atoms with Crippen molar-refractivity contribution in [3.8, 4) is 0 Å². The summed E-state index contributed by atoms with van der Waals surface area (Å²) >= 11 is 0. The van der Waals surface area contributed by atoms with Crippen molar-refractivity contribution in [3.05, 3.63) is 65.2 Å². The van der Waals surface area contributed by atoms with Gasteiger partial charge in [0.2, 0.25) is 5.91 Å². The van der Waals surface area contributed by atoms with E-state index in [1.165, 1.54) is 23.3 Å². The van der Waals surface area contributed by atoms with Gasteiger partial charge in [0.1, 0.15) is 5.66 Å². The number of ether oxygens (including phenoxy) is 1. The lowest BCUT2D eigenvalue weighted by Gasteiger charge is -2.36. The van der Waals surface area contributed by atoms with Crippen molar-refractivity contribution >= 4 is 24.0 Å². The zero-order valence-corrected chi connectivity index (χ0v) is 23.7. The molecule has 10 heteroatoms. The Labute approximate surface area is 240 Å². The van der Waals surface area contributed by atoms with Crippen LogP contribution in [0.5, 0.6) is 0 Å². The minimum absolute atomic E-state index is 0. The molecule has 4 aliphatic heterocycles. The maximum Gasteiger partial charge on any atom is 0.416 e. The highest BCUT2D eigenvalue weighted by Crippen LogP contribution is 2.61. The van der Waals surface area contributed by atoms with Crippen LogP contribution in [0.4, 0.5) is 18.9 Å². The Kier molecular flexibility index (Phi) is 8.39. The number of carbonyl (C=O) groups excluding carboxylic acids is 1. The SMILES string of the molecule is CC1c2ccccc2C2(C3COCCN32)N1C(=O)CCCCCN1CCN(c2cccc(C(F)(F)F)c2)CC1.Cl. The van der Waals surface area contributed by atoms with E-state index < -0.39 is 11.7 Å². The lowest BCUT2D eigenvalue weighted by atomic mass is 10.0. The van der Waals surface area contributed by atoms with E-state index in [-0.39, 0.29) is 36.1 Å². The number of nitrogens with zero attached hydrogens (tertiary/aromatic N) is 4. The van der Waals surface area contributed by atoms with Crippen LogP contribution in [0.15, 0.2) is 48.5 Å². The molecular formula is C30H38ClF3N4O2.